The monoisotopic (exact) mass is 368 g/mol. The van der Waals surface area contributed by atoms with E-state index in [0.717, 1.165) is 6.54 Å². The van der Waals surface area contributed by atoms with Gasteiger partial charge in [0.05, 0.1) is 17.5 Å². The van der Waals surface area contributed by atoms with Gasteiger partial charge in [0.25, 0.3) is 5.56 Å². The van der Waals surface area contributed by atoms with Crippen molar-refractivity contribution in [2.45, 2.75) is 19.3 Å². The number of nitrogens with one attached hydrogen (secondary N) is 3. The van der Waals surface area contributed by atoms with Crippen molar-refractivity contribution in [2.75, 3.05) is 33.4 Å². The molecule has 25 heavy (non-hydrogen) atoms. The van der Waals surface area contributed by atoms with Crippen LogP contribution in [0.2, 0.25) is 0 Å². The lowest BCUT2D eigenvalue weighted by molar-refractivity contribution is -0.121. The minimum atomic E-state index is -0.137. The first-order valence-corrected chi connectivity index (χ1v) is 8.15. The van der Waals surface area contributed by atoms with Gasteiger partial charge in [-0.1, -0.05) is 12.1 Å². The van der Waals surface area contributed by atoms with Gasteiger partial charge in [-0.3, -0.25) is 9.59 Å². The number of carbonyl (C=O) groups excluding carboxylic acids is 1. The number of halogens is 1. The summed E-state index contributed by atoms with van der Waals surface area (Å²) in [6.45, 7) is 2.74. The molecule has 0 saturated heterocycles. The average Bonchev–Trinajstić information content (AvgIpc) is 2.58. The van der Waals surface area contributed by atoms with E-state index in [-0.39, 0.29) is 23.9 Å². The molecule has 0 aliphatic carbocycles. The Kier molecular flexibility index (Phi) is 9.76. The first kappa shape index (κ1) is 21.1. The van der Waals surface area contributed by atoms with Crippen LogP contribution in [0.4, 0.5) is 0 Å². The third-order valence-corrected chi connectivity index (χ3v) is 3.59. The number of benzene rings is 1. The van der Waals surface area contributed by atoms with Gasteiger partial charge in [-0.25, -0.2) is 4.98 Å². The Balaban J connectivity index is 0.00000312. The molecule has 1 amide bonds. The van der Waals surface area contributed by atoms with Crippen molar-refractivity contribution in [1.82, 2.24) is 20.6 Å². The van der Waals surface area contributed by atoms with Crippen molar-refractivity contribution in [2.24, 2.45) is 0 Å². The molecule has 0 bridgehead atoms. The first-order chi connectivity index (χ1) is 11.7. The Labute approximate surface area is 153 Å². The van der Waals surface area contributed by atoms with Crippen molar-refractivity contribution in [3.63, 3.8) is 0 Å². The quantitative estimate of drug-likeness (QED) is 0.544. The van der Waals surface area contributed by atoms with E-state index in [4.69, 9.17) is 4.74 Å². The van der Waals surface area contributed by atoms with Gasteiger partial charge in [-0.2, -0.15) is 0 Å². The van der Waals surface area contributed by atoms with Crippen molar-refractivity contribution in [3.8, 4) is 0 Å². The zero-order chi connectivity index (χ0) is 17.2. The summed E-state index contributed by atoms with van der Waals surface area (Å²) in [6, 6.07) is 7.23. The van der Waals surface area contributed by atoms with Gasteiger partial charge in [-0.05, 0) is 18.6 Å². The van der Waals surface area contributed by atoms with Crippen LogP contribution in [-0.2, 0) is 16.0 Å². The molecule has 1 heterocycles. The molecule has 138 valence electrons. The van der Waals surface area contributed by atoms with E-state index < -0.39 is 0 Å². The van der Waals surface area contributed by atoms with E-state index in [0.29, 0.717) is 55.7 Å². The number of aromatic nitrogens is 2. The molecule has 0 aliphatic rings. The fourth-order valence-corrected chi connectivity index (χ4v) is 2.35. The maximum atomic E-state index is 12.0. The number of hydrogen-bond acceptors (Lipinski definition) is 5. The predicted octanol–water partition coefficient (Wildman–Crippen LogP) is 1.02. The highest BCUT2D eigenvalue weighted by Crippen LogP contribution is 2.07. The summed E-state index contributed by atoms with van der Waals surface area (Å²) in [5.74, 6) is 0.624. The number of aromatic amines is 1. The highest BCUT2D eigenvalue weighted by atomic mass is 35.5. The van der Waals surface area contributed by atoms with E-state index in [1.165, 1.54) is 0 Å². The number of methoxy groups -OCH3 is 1. The molecule has 8 heteroatoms. The van der Waals surface area contributed by atoms with Crippen LogP contribution in [0.5, 0.6) is 0 Å². The molecular formula is C17H25ClN4O3. The molecule has 1 aromatic carbocycles. The second-order valence-electron chi connectivity index (χ2n) is 5.48. The van der Waals surface area contributed by atoms with E-state index in [2.05, 4.69) is 20.6 Å². The van der Waals surface area contributed by atoms with Crippen LogP contribution in [0.25, 0.3) is 10.9 Å². The number of rotatable bonds is 10. The lowest BCUT2D eigenvalue weighted by Gasteiger charge is -2.07. The summed E-state index contributed by atoms with van der Waals surface area (Å²) < 4.78 is 4.92. The minimum absolute atomic E-state index is 0. The number of carbonyl (C=O) groups is 1. The molecule has 0 spiro atoms. The lowest BCUT2D eigenvalue weighted by atomic mass is 10.2. The topological polar surface area (TPSA) is 96.1 Å². The average molecular weight is 369 g/mol. The van der Waals surface area contributed by atoms with Crippen molar-refractivity contribution in [3.05, 3.63) is 40.4 Å². The Morgan fingerprint density at radius 2 is 2.04 bits per heavy atom. The number of nitrogens with zero attached hydrogens (tertiary/aromatic N) is 1. The molecule has 7 nitrogen and oxygen atoms in total. The smallest absolute Gasteiger partial charge is 0.258 e. The zero-order valence-corrected chi connectivity index (χ0v) is 15.2. The zero-order valence-electron chi connectivity index (χ0n) is 14.3. The van der Waals surface area contributed by atoms with E-state index in [1.807, 2.05) is 18.2 Å². The summed E-state index contributed by atoms with van der Waals surface area (Å²) in [5.41, 5.74) is 0.546. The van der Waals surface area contributed by atoms with Gasteiger partial charge in [0, 0.05) is 39.6 Å². The predicted molar refractivity (Wildman–Crippen MR) is 100 cm³/mol. The molecule has 2 rings (SSSR count). The molecule has 3 N–H and O–H groups in total. The normalized spacial score (nSPS) is 10.4. The highest BCUT2D eigenvalue weighted by molar-refractivity contribution is 5.85. The fourth-order valence-electron chi connectivity index (χ4n) is 2.35. The standard InChI is InChI=1S/C17H24N4O3.ClH/c1-24-12-11-18-9-10-19-16(22)8-4-7-15-20-14-6-3-2-5-13(14)17(23)21-15;/h2-3,5-6,18H,4,7-12H2,1H3,(H,19,22)(H,20,21,23);1H. The minimum Gasteiger partial charge on any atom is -0.383 e. The Hall–Kier alpha value is -1.96. The summed E-state index contributed by atoms with van der Waals surface area (Å²) in [7, 11) is 1.65. The van der Waals surface area contributed by atoms with E-state index >= 15 is 0 Å². The molecule has 0 radical (unpaired) electrons. The van der Waals surface area contributed by atoms with Gasteiger partial charge < -0.3 is 20.4 Å². The summed E-state index contributed by atoms with van der Waals surface area (Å²) in [6.07, 6.45) is 1.62. The largest absolute Gasteiger partial charge is 0.383 e. The lowest BCUT2D eigenvalue weighted by Crippen LogP contribution is -2.33. The van der Waals surface area contributed by atoms with Gasteiger partial charge in [0.15, 0.2) is 0 Å². The number of para-hydroxylation sites is 1. The third kappa shape index (κ3) is 7.21. The first-order valence-electron chi connectivity index (χ1n) is 8.15. The summed E-state index contributed by atoms with van der Waals surface area (Å²) in [5, 5.41) is 6.59. The van der Waals surface area contributed by atoms with Crippen LogP contribution in [0.1, 0.15) is 18.7 Å². The number of aryl methyl sites for hydroxylation is 1. The fraction of sp³-hybridized carbons (Fsp3) is 0.471. The number of hydrogen-bond donors (Lipinski definition) is 3. The highest BCUT2D eigenvalue weighted by Gasteiger charge is 2.05. The Bertz CT molecular complexity index is 720. The SMILES string of the molecule is COCCNCCNC(=O)CCCc1nc2ccccc2c(=O)[nH]1.Cl. The van der Waals surface area contributed by atoms with Crippen LogP contribution in [0, 0.1) is 0 Å². The van der Waals surface area contributed by atoms with Crippen molar-refractivity contribution in [1.29, 1.82) is 0 Å². The van der Waals surface area contributed by atoms with Crippen LogP contribution < -0.4 is 16.2 Å². The molecule has 0 fully saturated rings. The molecule has 1 aromatic heterocycles. The second kappa shape index (κ2) is 11.6. The number of amides is 1. The van der Waals surface area contributed by atoms with Gasteiger partial charge in [0.1, 0.15) is 5.82 Å². The maximum absolute atomic E-state index is 12.0. The van der Waals surface area contributed by atoms with Crippen molar-refractivity contribution < 1.29 is 9.53 Å². The van der Waals surface area contributed by atoms with Gasteiger partial charge in [-0.15, -0.1) is 12.4 Å². The van der Waals surface area contributed by atoms with E-state index in [1.54, 1.807) is 13.2 Å². The number of ether oxygens (including phenoxy) is 1. The molecule has 0 saturated carbocycles. The summed E-state index contributed by atoms with van der Waals surface area (Å²) in [4.78, 5) is 30.9. The number of fused-ring (bicyclic) bond motifs is 1. The van der Waals surface area contributed by atoms with Crippen LogP contribution in [-0.4, -0.2) is 49.2 Å². The molecule has 0 unspecified atom stereocenters. The van der Waals surface area contributed by atoms with E-state index in [9.17, 15) is 9.59 Å². The summed E-state index contributed by atoms with van der Waals surface area (Å²) >= 11 is 0. The van der Waals surface area contributed by atoms with Crippen molar-refractivity contribution >= 4 is 29.2 Å². The van der Waals surface area contributed by atoms with Gasteiger partial charge >= 0.3 is 0 Å². The van der Waals surface area contributed by atoms with Crippen LogP contribution >= 0.6 is 12.4 Å². The molecular weight excluding hydrogens is 344 g/mol. The molecule has 0 atom stereocenters. The molecule has 2 aromatic rings. The van der Waals surface area contributed by atoms with Gasteiger partial charge in [0.2, 0.25) is 5.91 Å². The van der Waals surface area contributed by atoms with Crippen LogP contribution in [0.15, 0.2) is 29.1 Å². The third-order valence-electron chi connectivity index (χ3n) is 3.59. The Morgan fingerprint density at radius 1 is 1.24 bits per heavy atom. The number of H-pyrrole nitrogens is 1. The molecule has 0 aliphatic heterocycles. The second-order valence-corrected chi connectivity index (χ2v) is 5.48. The van der Waals surface area contributed by atoms with Crippen LogP contribution in [0.3, 0.4) is 0 Å². The maximum Gasteiger partial charge on any atom is 0.258 e. The Morgan fingerprint density at radius 3 is 2.84 bits per heavy atom.